The highest BCUT2D eigenvalue weighted by atomic mass is 35.5. The molecule has 1 atom stereocenters. The Labute approximate surface area is 101 Å². The summed E-state index contributed by atoms with van der Waals surface area (Å²) in [4.78, 5) is 0. The Morgan fingerprint density at radius 2 is 2.19 bits per heavy atom. The summed E-state index contributed by atoms with van der Waals surface area (Å²) in [6.07, 6.45) is 0. The van der Waals surface area contributed by atoms with E-state index in [0.29, 0.717) is 30.5 Å². The zero-order valence-electron chi connectivity index (χ0n) is 9.70. The summed E-state index contributed by atoms with van der Waals surface area (Å²) in [5, 5.41) is 0.619. The molecule has 90 valence electrons. The van der Waals surface area contributed by atoms with Crippen LogP contribution in [0.15, 0.2) is 18.2 Å². The SMILES string of the molecule is CCOc1ccc(C(CN)COC)cc1Cl. The second-order valence-corrected chi connectivity index (χ2v) is 3.92. The molecule has 1 unspecified atom stereocenters. The van der Waals surface area contributed by atoms with Gasteiger partial charge < -0.3 is 15.2 Å². The second-order valence-electron chi connectivity index (χ2n) is 3.51. The molecule has 1 aromatic rings. The van der Waals surface area contributed by atoms with E-state index >= 15 is 0 Å². The highest BCUT2D eigenvalue weighted by molar-refractivity contribution is 6.32. The Morgan fingerprint density at radius 3 is 2.69 bits per heavy atom. The first-order valence-electron chi connectivity index (χ1n) is 5.34. The van der Waals surface area contributed by atoms with Crippen LogP contribution in [0, 0.1) is 0 Å². The van der Waals surface area contributed by atoms with Crippen LogP contribution < -0.4 is 10.5 Å². The summed E-state index contributed by atoms with van der Waals surface area (Å²) >= 11 is 6.10. The third kappa shape index (κ3) is 3.37. The molecule has 0 saturated carbocycles. The van der Waals surface area contributed by atoms with Crippen LogP contribution in [0.5, 0.6) is 5.75 Å². The number of hydrogen-bond acceptors (Lipinski definition) is 3. The topological polar surface area (TPSA) is 44.5 Å². The highest BCUT2D eigenvalue weighted by Crippen LogP contribution is 2.28. The van der Waals surface area contributed by atoms with E-state index < -0.39 is 0 Å². The summed E-state index contributed by atoms with van der Waals surface area (Å²) in [6, 6.07) is 5.75. The molecule has 0 spiro atoms. The fourth-order valence-electron chi connectivity index (χ4n) is 1.55. The Bertz CT molecular complexity index is 331. The maximum Gasteiger partial charge on any atom is 0.137 e. The van der Waals surface area contributed by atoms with E-state index in [-0.39, 0.29) is 5.92 Å². The maximum atomic E-state index is 6.10. The van der Waals surface area contributed by atoms with Crippen LogP contribution >= 0.6 is 11.6 Å². The third-order valence-electron chi connectivity index (χ3n) is 2.38. The molecule has 0 aliphatic rings. The average molecular weight is 244 g/mol. The molecular formula is C12H18ClNO2. The Kier molecular flexibility index (Phi) is 5.60. The van der Waals surface area contributed by atoms with Crippen LogP contribution in [0.3, 0.4) is 0 Å². The summed E-state index contributed by atoms with van der Waals surface area (Å²) in [5.41, 5.74) is 6.76. The molecular weight excluding hydrogens is 226 g/mol. The van der Waals surface area contributed by atoms with Gasteiger partial charge in [-0.05, 0) is 24.6 Å². The number of nitrogens with two attached hydrogens (primary N) is 1. The molecule has 0 heterocycles. The molecule has 0 aliphatic heterocycles. The van der Waals surface area contributed by atoms with E-state index in [1.807, 2.05) is 25.1 Å². The van der Waals surface area contributed by atoms with E-state index in [2.05, 4.69) is 0 Å². The van der Waals surface area contributed by atoms with Crippen molar-refractivity contribution in [2.75, 3.05) is 26.9 Å². The van der Waals surface area contributed by atoms with E-state index in [4.69, 9.17) is 26.8 Å². The fraction of sp³-hybridized carbons (Fsp3) is 0.500. The zero-order chi connectivity index (χ0) is 12.0. The van der Waals surface area contributed by atoms with Gasteiger partial charge >= 0.3 is 0 Å². The number of benzene rings is 1. The van der Waals surface area contributed by atoms with Crippen LogP contribution in [-0.4, -0.2) is 26.9 Å². The number of methoxy groups -OCH3 is 1. The summed E-state index contributed by atoms with van der Waals surface area (Å²) < 4.78 is 10.5. The fourth-order valence-corrected chi connectivity index (χ4v) is 1.79. The molecule has 0 aromatic heterocycles. The third-order valence-corrected chi connectivity index (χ3v) is 2.67. The van der Waals surface area contributed by atoms with Crippen molar-refractivity contribution in [3.05, 3.63) is 28.8 Å². The first-order valence-corrected chi connectivity index (χ1v) is 5.72. The minimum absolute atomic E-state index is 0.179. The largest absolute Gasteiger partial charge is 0.492 e. The van der Waals surface area contributed by atoms with Crippen molar-refractivity contribution in [3.8, 4) is 5.75 Å². The molecule has 0 radical (unpaired) electrons. The lowest BCUT2D eigenvalue weighted by Crippen LogP contribution is -2.17. The summed E-state index contributed by atoms with van der Waals surface area (Å²) in [6.45, 7) is 3.67. The van der Waals surface area contributed by atoms with Crippen LogP contribution in [0.25, 0.3) is 0 Å². The van der Waals surface area contributed by atoms with Gasteiger partial charge in [-0.25, -0.2) is 0 Å². The van der Waals surface area contributed by atoms with Crippen molar-refractivity contribution in [2.45, 2.75) is 12.8 Å². The number of ether oxygens (including phenoxy) is 2. The van der Waals surface area contributed by atoms with Gasteiger partial charge in [0.05, 0.1) is 18.2 Å². The highest BCUT2D eigenvalue weighted by Gasteiger charge is 2.11. The van der Waals surface area contributed by atoms with Crippen molar-refractivity contribution in [2.24, 2.45) is 5.73 Å². The van der Waals surface area contributed by atoms with E-state index in [9.17, 15) is 0 Å². The van der Waals surface area contributed by atoms with E-state index in [0.717, 1.165) is 5.56 Å². The van der Waals surface area contributed by atoms with Crippen molar-refractivity contribution in [1.29, 1.82) is 0 Å². The molecule has 3 nitrogen and oxygen atoms in total. The van der Waals surface area contributed by atoms with Gasteiger partial charge in [0.25, 0.3) is 0 Å². The molecule has 16 heavy (non-hydrogen) atoms. The Morgan fingerprint density at radius 1 is 1.44 bits per heavy atom. The van der Waals surface area contributed by atoms with Gasteiger partial charge in [-0.2, -0.15) is 0 Å². The molecule has 0 bridgehead atoms. The van der Waals surface area contributed by atoms with Crippen LogP contribution in [0.1, 0.15) is 18.4 Å². The number of halogens is 1. The van der Waals surface area contributed by atoms with Crippen LogP contribution in [-0.2, 0) is 4.74 Å². The van der Waals surface area contributed by atoms with Crippen molar-refractivity contribution < 1.29 is 9.47 Å². The van der Waals surface area contributed by atoms with Crippen LogP contribution in [0.4, 0.5) is 0 Å². The minimum Gasteiger partial charge on any atom is -0.492 e. The van der Waals surface area contributed by atoms with Gasteiger partial charge in [0.15, 0.2) is 0 Å². The van der Waals surface area contributed by atoms with Gasteiger partial charge in [-0.1, -0.05) is 17.7 Å². The first-order chi connectivity index (χ1) is 7.72. The molecule has 0 saturated heterocycles. The quantitative estimate of drug-likeness (QED) is 0.835. The lowest BCUT2D eigenvalue weighted by atomic mass is 10.0. The standard InChI is InChI=1S/C12H18ClNO2/c1-3-16-12-5-4-9(6-11(12)13)10(7-14)8-15-2/h4-6,10H,3,7-8,14H2,1-2H3. The molecule has 1 aromatic carbocycles. The summed E-state index contributed by atoms with van der Waals surface area (Å²) in [5.74, 6) is 0.888. The zero-order valence-corrected chi connectivity index (χ0v) is 10.5. The monoisotopic (exact) mass is 243 g/mol. The minimum atomic E-state index is 0.179. The Hall–Kier alpha value is -0.770. The second kappa shape index (κ2) is 6.74. The van der Waals surface area contributed by atoms with E-state index in [1.54, 1.807) is 7.11 Å². The lowest BCUT2D eigenvalue weighted by molar-refractivity contribution is 0.181. The lowest BCUT2D eigenvalue weighted by Gasteiger charge is -2.15. The molecule has 1 rings (SSSR count). The molecule has 2 N–H and O–H groups in total. The summed E-state index contributed by atoms with van der Waals surface area (Å²) in [7, 11) is 1.67. The number of hydrogen-bond donors (Lipinski definition) is 1. The van der Waals surface area contributed by atoms with Gasteiger partial charge in [-0.15, -0.1) is 0 Å². The number of rotatable bonds is 6. The maximum absolute atomic E-state index is 6.10. The first kappa shape index (κ1) is 13.3. The van der Waals surface area contributed by atoms with Gasteiger partial charge in [-0.3, -0.25) is 0 Å². The smallest absolute Gasteiger partial charge is 0.137 e. The van der Waals surface area contributed by atoms with Gasteiger partial charge in [0.1, 0.15) is 5.75 Å². The molecule has 0 aliphatic carbocycles. The Balaban J connectivity index is 2.85. The molecule has 4 heteroatoms. The molecule has 0 amide bonds. The van der Waals surface area contributed by atoms with E-state index in [1.165, 1.54) is 0 Å². The van der Waals surface area contributed by atoms with Gasteiger partial charge in [0, 0.05) is 19.6 Å². The van der Waals surface area contributed by atoms with Crippen molar-refractivity contribution in [1.82, 2.24) is 0 Å². The van der Waals surface area contributed by atoms with Crippen molar-refractivity contribution >= 4 is 11.6 Å². The average Bonchev–Trinajstić information content (AvgIpc) is 2.29. The predicted octanol–water partition coefficient (Wildman–Crippen LogP) is 2.43. The van der Waals surface area contributed by atoms with Crippen LogP contribution in [0.2, 0.25) is 5.02 Å². The predicted molar refractivity (Wildman–Crippen MR) is 66.3 cm³/mol. The van der Waals surface area contributed by atoms with Gasteiger partial charge in [0.2, 0.25) is 0 Å². The van der Waals surface area contributed by atoms with Crippen molar-refractivity contribution in [3.63, 3.8) is 0 Å². The normalized spacial score (nSPS) is 12.5. The molecule has 0 fully saturated rings.